The zero-order valence-corrected chi connectivity index (χ0v) is 20.0. The zero-order chi connectivity index (χ0) is 22.3. The topological polar surface area (TPSA) is 9.23 Å². The SMILES string of the molecule is C=CCC=CC(C)c1ccc(OC2c3ccccc3CCC2C2CCCCC(C)C2)cc1. The molecule has 2 aliphatic rings. The Morgan fingerprint density at radius 1 is 1.03 bits per heavy atom. The quantitative estimate of drug-likeness (QED) is 0.316. The van der Waals surface area contributed by atoms with Crippen molar-refractivity contribution in [1.29, 1.82) is 0 Å². The molecule has 2 aromatic rings. The lowest BCUT2D eigenvalue weighted by Crippen LogP contribution is -2.31. The number of allylic oxidation sites excluding steroid dienone is 3. The molecule has 0 aliphatic heterocycles. The maximum atomic E-state index is 6.83. The molecule has 1 fully saturated rings. The monoisotopic (exact) mass is 428 g/mol. The molecule has 0 spiro atoms. The highest BCUT2D eigenvalue weighted by molar-refractivity contribution is 5.35. The van der Waals surface area contributed by atoms with Crippen LogP contribution in [0.25, 0.3) is 0 Å². The molecule has 0 heterocycles. The van der Waals surface area contributed by atoms with Crippen molar-refractivity contribution >= 4 is 0 Å². The lowest BCUT2D eigenvalue weighted by atomic mass is 9.71. The molecular formula is C31H40O. The van der Waals surface area contributed by atoms with Gasteiger partial charge in [-0.25, -0.2) is 0 Å². The van der Waals surface area contributed by atoms with Crippen molar-refractivity contribution in [2.75, 3.05) is 0 Å². The number of benzene rings is 2. The van der Waals surface area contributed by atoms with Gasteiger partial charge in [-0.1, -0.05) is 94.2 Å². The third-order valence-corrected chi connectivity index (χ3v) is 7.73. The Kier molecular flexibility index (Phi) is 7.90. The minimum Gasteiger partial charge on any atom is -0.485 e. The van der Waals surface area contributed by atoms with E-state index in [-0.39, 0.29) is 6.10 Å². The van der Waals surface area contributed by atoms with Gasteiger partial charge in [0.2, 0.25) is 0 Å². The highest BCUT2D eigenvalue weighted by atomic mass is 16.5. The van der Waals surface area contributed by atoms with Gasteiger partial charge in [-0.05, 0) is 72.3 Å². The van der Waals surface area contributed by atoms with E-state index in [1.165, 1.54) is 61.6 Å². The van der Waals surface area contributed by atoms with Gasteiger partial charge < -0.3 is 4.74 Å². The Bertz CT molecular complexity index is 893. The van der Waals surface area contributed by atoms with Gasteiger partial charge in [0.25, 0.3) is 0 Å². The van der Waals surface area contributed by atoms with Crippen LogP contribution in [-0.4, -0.2) is 0 Å². The molecule has 0 radical (unpaired) electrons. The second-order valence-corrected chi connectivity index (χ2v) is 10.1. The number of aryl methyl sites for hydroxylation is 1. The number of hydrogen-bond acceptors (Lipinski definition) is 1. The average molecular weight is 429 g/mol. The van der Waals surface area contributed by atoms with Crippen molar-refractivity contribution in [3.8, 4) is 5.75 Å². The molecule has 2 aliphatic carbocycles. The van der Waals surface area contributed by atoms with Crippen LogP contribution in [0, 0.1) is 17.8 Å². The number of rotatable bonds is 7. The van der Waals surface area contributed by atoms with Crippen LogP contribution in [0.4, 0.5) is 0 Å². The fourth-order valence-electron chi connectivity index (χ4n) is 5.90. The zero-order valence-electron chi connectivity index (χ0n) is 20.0. The normalized spacial score (nSPS) is 26.8. The Morgan fingerprint density at radius 3 is 2.62 bits per heavy atom. The molecule has 4 rings (SSSR count). The lowest BCUT2D eigenvalue weighted by Gasteiger charge is -2.39. The van der Waals surface area contributed by atoms with Gasteiger partial charge in [-0.2, -0.15) is 0 Å². The Labute approximate surface area is 195 Å². The van der Waals surface area contributed by atoms with E-state index in [9.17, 15) is 0 Å². The van der Waals surface area contributed by atoms with Crippen LogP contribution < -0.4 is 4.74 Å². The summed E-state index contributed by atoms with van der Waals surface area (Å²) in [5.74, 6) is 3.64. The van der Waals surface area contributed by atoms with Gasteiger partial charge >= 0.3 is 0 Å². The van der Waals surface area contributed by atoms with Crippen LogP contribution in [0.5, 0.6) is 5.75 Å². The fraction of sp³-hybridized carbons (Fsp3) is 0.484. The predicted molar refractivity (Wildman–Crippen MR) is 136 cm³/mol. The highest BCUT2D eigenvalue weighted by Crippen LogP contribution is 2.46. The minimum absolute atomic E-state index is 0.172. The summed E-state index contributed by atoms with van der Waals surface area (Å²) in [6.07, 6.45) is 16.8. The van der Waals surface area contributed by atoms with E-state index in [2.05, 4.69) is 81.1 Å². The van der Waals surface area contributed by atoms with Gasteiger partial charge in [-0.15, -0.1) is 6.58 Å². The van der Waals surface area contributed by atoms with Gasteiger partial charge in [-0.3, -0.25) is 0 Å². The van der Waals surface area contributed by atoms with Crippen molar-refractivity contribution in [3.63, 3.8) is 0 Å². The highest BCUT2D eigenvalue weighted by Gasteiger charge is 2.37. The van der Waals surface area contributed by atoms with E-state index in [0.29, 0.717) is 11.8 Å². The molecule has 2 aromatic carbocycles. The summed E-state index contributed by atoms with van der Waals surface area (Å²) >= 11 is 0. The van der Waals surface area contributed by atoms with Gasteiger partial charge in [0.1, 0.15) is 11.9 Å². The van der Waals surface area contributed by atoms with Crippen LogP contribution in [-0.2, 0) is 6.42 Å². The average Bonchev–Trinajstić information content (AvgIpc) is 3.04. The number of fused-ring (bicyclic) bond motifs is 1. The molecule has 1 nitrogen and oxygen atoms in total. The van der Waals surface area contributed by atoms with Crippen LogP contribution in [0.2, 0.25) is 0 Å². The van der Waals surface area contributed by atoms with E-state index in [4.69, 9.17) is 4.74 Å². The Balaban J connectivity index is 1.55. The summed E-state index contributed by atoms with van der Waals surface area (Å²) in [7, 11) is 0. The molecule has 0 bridgehead atoms. The summed E-state index contributed by atoms with van der Waals surface area (Å²) in [5.41, 5.74) is 4.23. The predicted octanol–water partition coefficient (Wildman–Crippen LogP) is 8.82. The van der Waals surface area contributed by atoms with Gasteiger partial charge in [0, 0.05) is 5.92 Å². The molecule has 0 N–H and O–H groups in total. The van der Waals surface area contributed by atoms with Gasteiger partial charge in [0.05, 0.1) is 0 Å². The van der Waals surface area contributed by atoms with Crippen LogP contribution in [0.3, 0.4) is 0 Å². The summed E-state index contributed by atoms with van der Waals surface area (Å²) in [4.78, 5) is 0. The summed E-state index contributed by atoms with van der Waals surface area (Å²) in [6.45, 7) is 8.49. The minimum atomic E-state index is 0.172. The first-order chi connectivity index (χ1) is 15.7. The summed E-state index contributed by atoms with van der Waals surface area (Å²) < 4.78 is 6.83. The van der Waals surface area contributed by atoms with E-state index < -0.39 is 0 Å². The van der Waals surface area contributed by atoms with Crippen LogP contribution in [0.15, 0.2) is 73.3 Å². The van der Waals surface area contributed by atoms with Crippen LogP contribution >= 0.6 is 0 Å². The largest absolute Gasteiger partial charge is 0.485 e. The maximum Gasteiger partial charge on any atom is 0.127 e. The maximum absolute atomic E-state index is 6.83. The second-order valence-electron chi connectivity index (χ2n) is 10.1. The lowest BCUT2D eigenvalue weighted by molar-refractivity contribution is 0.0684. The molecule has 0 amide bonds. The molecule has 5 atom stereocenters. The molecule has 170 valence electrons. The van der Waals surface area contributed by atoms with E-state index in [1.54, 1.807) is 0 Å². The standard InChI is InChI=1S/C31H40O/c1-4-5-6-12-24(3)25-16-19-28(20-17-25)32-31-29-15-10-9-13-26(29)18-21-30(31)27-14-8-7-11-23(2)22-27/h4,6,9-10,12-13,15-17,19-20,23-24,27,30-31H,1,5,7-8,11,14,18,21-22H2,2-3H3. The molecule has 0 saturated heterocycles. The molecule has 1 saturated carbocycles. The molecule has 0 aromatic heterocycles. The van der Waals surface area contributed by atoms with Crippen molar-refractivity contribution in [1.82, 2.24) is 0 Å². The van der Waals surface area contributed by atoms with Crippen molar-refractivity contribution in [3.05, 3.63) is 90.0 Å². The Hall–Kier alpha value is -2.28. The molecule has 32 heavy (non-hydrogen) atoms. The molecule has 1 heteroatoms. The first-order valence-electron chi connectivity index (χ1n) is 12.8. The second kappa shape index (κ2) is 11.0. The van der Waals surface area contributed by atoms with E-state index in [1.807, 2.05) is 6.08 Å². The summed E-state index contributed by atoms with van der Waals surface area (Å²) in [5, 5.41) is 0. The molecule has 5 unspecified atom stereocenters. The van der Waals surface area contributed by atoms with Crippen molar-refractivity contribution in [2.45, 2.75) is 77.2 Å². The number of hydrogen-bond donors (Lipinski definition) is 0. The van der Waals surface area contributed by atoms with E-state index in [0.717, 1.165) is 24.0 Å². The summed E-state index contributed by atoms with van der Waals surface area (Å²) in [6, 6.07) is 17.8. The van der Waals surface area contributed by atoms with Crippen LogP contribution in [0.1, 0.15) is 87.5 Å². The van der Waals surface area contributed by atoms with E-state index >= 15 is 0 Å². The Morgan fingerprint density at radius 2 is 1.81 bits per heavy atom. The fourth-order valence-corrected chi connectivity index (χ4v) is 5.90. The third kappa shape index (κ3) is 5.55. The number of ether oxygens (including phenoxy) is 1. The van der Waals surface area contributed by atoms with Crippen molar-refractivity contribution < 1.29 is 4.74 Å². The third-order valence-electron chi connectivity index (χ3n) is 7.73. The first-order valence-corrected chi connectivity index (χ1v) is 12.8. The first kappa shape index (κ1) is 22.9. The van der Waals surface area contributed by atoms with Crippen molar-refractivity contribution in [2.24, 2.45) is 17.8 Å². The smallest absolute Gasteiger partial charge is 0.127 e. The molecular weight excluding hydrogens is 388 g/mol. The van der Waals surface area contributed by atoms with Gasteiger partial charge in [0.15, 0.2) is 0 Å².